The van der Waals surface area contributed by atoms with Crippen molar-refractivity contribution in [2.45, 2.75) is 52.4 Å². The van der Waals surface area contributed by atoms with Crippen LogP contribution in [0.2, 0.25) is 0 Å². The first-order valence-corrected chi connectivity index (χ1v) is 22.1. The van der Waals surface area contributed by atoms with Crippen molar-refractivity contribution in [3.63, 3.8) is 0 Å². The second kappa shape index (κ2) is 15.1. The van der Waals surface area contributed by atoms with E-state index in [1.54, 1.807) is 11.1 Å². The molecule has 0 N–H and O–H groups in total. The zero-order chi connectivity index (χ0) is 31.2. The molecule has 226 valence electrons. The van der Waals surface area contributed by atoms with Gasteiger partial charge in [0.15, 0.2) is 0 Å². The Labute approximate surface area is 286 Å². The molecule has 0 fully saturated rings. The van der Waals surface area contributed by atoms with Crippen molar-refractivity contribution < 1.29 is 20.8 Å². The summed E-state index contributed by atoms with van der Waals surface area (Å²) >= 11 is -0.826. The van der Waals surface area contributed by atoms with Gasteiger partial charge in [-0.05, 0) is 66.8 Å². The number of fused-ring (bicyclic) bond motifs is 4. The van der Waals surface area contributed by atoms with Crippen LogP contribution in [0.25, 0.3) is 33.7 Å². The van der Waals surface area contributed by atoms with E-state index in [0.29, 0.717) is 0 Å². The topological polar surface area (TPSA) is 0 Å². The third kappa shape index (κ3) is 7.89. The van der Waals surface area contributed by atoms with Gasteiger partial charge in [-0.25, -0.2) is 0 Å². The summed E-state index contributed by atoms with van der Waals surface area (Å²) < 4.78 is 0. The Bertz CT molecular complexity index is 1950. The van der Waals surface area contributed by atoms with Gasteiger partial charge in [0.1, 0.15) is 0 Å². The van der Waals surface area contributed by atoms with Gasteiger partial charge < -0.3 is 0 Å². The van der Waals surface area contributed by atoms with Crippen LogP contribution in [0, 0.1) is 6.92 Å². The Morgan fingerprint density at radius 2 is 1.36 bits per heavy atom. The molecule has 2 aliphatic carbocycles. The predicted octanol–water partition coefficient (Wildman–Crippen LogP) is 12.1. The fraction of sp³-hybridized carbons (Fsp3) is 0.190. The van der Waals surface area contributed by atoms with Gasteiger partial charge in [0.2, 0.25) is 0 Å². The molecule has 45 heavy (non-hydrogen) atoms. The molecule has 0 amide bonds. The van der Waals surface area contributed by atoms with Gasteiger partial charge in [-0.1, -0.05) is 91.2 Å². The van der Waals surface area contributed by atoms with E-state index < -0.39 is 20.8 Å². The molecule has 0 aromatic heterocycles. The molecule has 3 heteroatoms. The average molecular weight is 705 g/mol. The molecule has 6 aromatic carbocycles. The predicted molar refractivity (Wildman–Crippen MR) is 193 cm³/mol. The second-order valence-electron chi connectivity index (χ2n) is 12.3. The second-order valence-corrected chi connectivity index (χ2v) is 16.1. The molecule has 0 radical (unpaired) electrons. The Hall–Kier alpha value is -2.96. The molecule has 2 aliphatic rings. The van der Waals surface area contributed by atoms with Crippen LogP contribution in [0.1, 0.15) is 57.9 Å². The molecule has 0 saturated carbocycles. The quantitative estimate of drug-likeness (QED) is 0.151. The van der Waals surface area contributed by atoms with Crippen LogP contribution < -0.4 is 0 Å². The monoisotopic (exact) mass is 702 g/mol. The molecule has 0 saturated heterocycles. The van der Waals surface area contributed by atoms with Crippen LogP contribution >= 0.6 is 17.0 Å². The first-order valence-electron chi connectivity index (χ1n) is 15.8. The maximum atomic E-state index is 4.93. The molecule has 0 unspecified atom stereocenters. The van der Waals surface area contributed by atoms with Crippen molar-refractivity contribution in [1.82, 2.24) is 0 Å². The Balaban J connectivity index is 0.000000146. The number of benzene rings is 4. The minimum atomic E-state index is -0.826. The van der Waals surface area contributed by atoms with Crippen molar-refractivity contribution in [2.24, 2.45) is 0 Å². The first-order chi connectivity index (χ1) is 22.0. The normalized spacial score (nSPS) is 12.9. The SMILES string of the molecule is CC1=Cc2cccc(CCC3=Cc4ccccc4C3)c2C1.Cc1cc2cccc(CCc3cc4ccccc4[cH-]3)c2[cH-]1.[Cl][Zr][Cl]. The summed E-state index contributed by atoms with van der Waals surface area (Å²) in [7, 11) is 9.87. The summed E-state index contributed by atoms with van der Waals surface area (Å²) in [6.45, 7) is 4.41. The number of hydrogen-bond acceptors (Lipinski definition) is 0. The summed E-state index contributed by atoms with van der Waals surface area (Å²) in [5.41, 5.74) is 14.8. The van der Waals surface area contributed by atoms with Crippen LogP contribution in [0.4, 0.5) is 0 Å². The van der Waals surface area contributed by atoms with Crippen molar-refractivity contribution in [3.05, 3.63) is 165 Å². The Morgan fingerprint density at radius 3 is 2.20 bits per heavy atom. The van der Waals surface area contributed by atoms with Gasteiger partial charge in [-0.3, -0.25) is 0 Å². The van der Waals surface area contributed by atoms with Crippen molar-refractivity contribution in [2.75, 3.05) is 0 Å². The molecule has 0 heterocycles. The maximum absolute atomic E-state index is 4.93. The molecular formula is C42H38Cl2Zr-2. The molecule has 0 aliphatic heterocycles. The van der Waals surface area contributed by atoms with Crippen molar-refractivity contribution in [1.29, 1.82) is 0 Å². The van der Waals surface area contributed by atoms with E-state index in [0.717, 1.165) is 25.7 Å². The van der Waals surface area contributed by atoms with Gasteiger partial charge in [-0.15, -0.1) is 80.7 Å². The molecule has 0 nitrogen and oxygen atoms in total. The fourth-order valence-electron chi connectivity index (χ4n) is 6.95. The molecule has 6 aromatic rings. The van der Waals surface area contributed by atoms with E-state index in [4.69, 9.17) is 17.0 Å². The van der Waals surface area contributed by atoms with Crippen LogP contribution in [0.5, 0.6) is 0 Å². The molecule has 0 spiro atoms. The standard InChI is InChI=1S/C21H20.C21H18.2ClH.Zr/c2*1-15-11-20-8-4-7-17(21(20)12-15)10-9-16-13-18-5-2-3-6-19(18)14-16;;;/h2-8,11,13H,9-10,12,14H2,1H3;2-8,11-14H,9-10H2,1H3;2*1H;/q;-2;;;+2/p-2. The van der Waals surface area contributed by atoms with Gasteiger partial charge in [-0.2, -0.15) is 12.1 Å². The summed E-state index contributed by atoms with van der Waals surface area (Å²) in [6, 6.07) is 40.0. The van der Waals surface area contributed by atoms with Crippen LogP contribution in [0.15, 0.2) is 120 Å². The summed E-state index contributed by atoms with van der Waals surface area (Å²) in [5, 5.41) is 5.51. The van der Waals surface area contributed by atoms with E-state index >= 15 is 0 Å². The minimum absolute atomic E-state index is 0.826. The van der Waals surface area contributed by atoms with E-state index in [2.05, 4.69) is 135 Å². The number of aryl methyl sites for hydroxylation is 4. The van der Waals surface area contributed by atoms with E-state index in [-0.39, 0.29) is 0 Å². The van der Waals surface area contributed by atoms with E-state index in [9.17, 15) is 0 Å². The van der Waals surface area contributed by atoms with E-state index in [1.165, 1.54) is 78.9 Å². The first kappa shape index (κ1) is 32.0. The van der Waals surface area contributed by atoms with Crippen molar-refractivity contribution >= 4 is 50.7 Å². The zero-order valence-corrected chi connectivity index (χ0v) is 30.0. The van der Waals surface area contributed by atoms with Gasteiger partial charge in [0.25, 0.3) is 0 Å². The summed E-state index contributed by atoms with van der Waals surface area (Å²) in [4.78, 5) is 0. The number of allylic oxidation sites excluding steroid dienone is 2. The van der Waals surface area contributed by atoms with Gasteiger partial charge in [0.05, 0.1) is 0 Å². The zero-order valence-electron chi connectivity index (χ0n) is 26.0. The van der Waals surface area contributed by atoms with Crippen LogP contribution in [-0.4, -0.2) is 0 Å². The Kier molecular flexibility index (Phi) is 10.7. The average Bonchev–Trinajstić information content (AvgIpc) is 3.82. The van der Waals surface area contributed by atoms with Crippen molar-refractivity contribution in [3.8, 4) is 0 Å². The third-order valence-corrected chi connectivity index (χ3v) is 9.06. The van der Waals surface area contributed by atoms with Crippen LogP contribution in [0.3, 0.4) is 0 Å². The fourth-order valence-corrected chi connectivity index (χ4v) is 6.95. The molecule has 0 atom stereocenters. The van der Waals surface area contributed by atoms with Gasteiger partial charge >= 0.3 is 37.9 Å². The molecule has 8 rings (SSSR count). The molecule has 0 bridgehead atoms. The number of halogens is 2. The summed E-state index contributed by atoms with van der Waals surface area (Å²) in [6.07, 6.45) is 11.6. The molecular weight excluding hydrogens is 667 g/mol. The number of rotatable bonds is 6. The number of hydrogen-bond donors (Lipinski definition) is 0. The Morgan fingerprint density at radius 1 is 0.644 bits per heavy atom. The van der Waals surface area contributed by atoms with Gasteiger partial charge in [0, 0.05) is 0 Å². The third-order valence-electron chi connectivity index (χ3n) is 9.06. The van der Waals surface area contributed by atoms with Crippen LogP contribution in [-0.2, 0) is 53.0 Å². The van der Waals surface area contributed by atoms with E-state index in [1.807, 2.05) is 0 Å². The summed E-state index contributed by atoms with van der Waals surface area (Å²) in [5.74, 6) is 0.